The van der Waals surface area contributed by atoms with E-state index < -0.39 is 10.1 Å². The molecule has 25 heavy (non-hydrogen) atoms. The van der Waals surface area contributed by atoms with E-state index in [9.17, 15) is 13.0 Å². The molecule has 0 fully saturated rings. The van der Waals surface area contributed by atoms with Gasteiger partial charge in [0.05, 0.1) is 4.90 Å². The van der Waals surface area contributed by atoms with Crippen molar-refractivity contribution >= 4 is 10.1 Å². The van der Waals surface area contributed by atoms with Crippen LogP contribution in [0.3, 0.4) is 0 Å². The first-order chi connectivity index (χ1) is 12.1. The van der Waals surface area contributed by atoms with Gasteiger partial charge >= 0.3 is 0 Å². The Labute approximate surface area is 155 Å². The third-order valence-corrected chi connectivity index (χ3v) is 5.75. The fourth-order valence-corrected chi connectivity index (χ4v) is 4.05. The van der Waals surface area contributed by atoms with Gasteiger partial charge in [0.25, 0.3) is 10.1 Å². The average molecular weight is 369 g/mol. The number of rotatable bonds is 15. The Balaban J connectivity index is 2.01. The molecule has 0 aliphatic heterocycles. The SMILES string of the molecule is CCCCCCCCCCCCCCCc1ccccc1S(=O)(=O)O. The molecule has 144 valence electrons. The molecule has 0 unspecified atom stereocenters. The van der Waals surface area contributed by atoms with Crippen LogP contribution in [-0.4, -0.2) is 13.0 Å². The van der Waals surface area contributed by atoms with Gasteiger partial charge in [-0.05, 0) is 24.5 Å². The fourth-order valence-electron chi connectivity index (χ4n) is 3.30. The summed E-state index contributed by atoms with van der Waals surface area (Å²) in [5.74, 6) is 0. The molecule has 0 spiro atoms. The van der Waals surface area contributed by atoms with E-state index in [2.05, 4.69) is 6.92 Å². The Hall–Kier alpha value is -0.870. The highest BCUT2D eigenvalue weighted by Gasteiger charge is 2.13. The minimum absolute atomic E-state index is 0.0638. The van der Waals surface area contributed by atoms with Crippen LogP contribution in [0, 0.1) is 0 Å². The second-order valence-corrected chi connectivity index (χ2v) is 8.47. The molecule has 3 nitrogen and oxygen atoms in total. The van der Waals surface area contributed by atoms with Crippen molar-refractivity contribution in [2.45, 2.75) is 102 Å². The lowest BCUT2D eigenvalue weighted by Gasteiger charge is -2.07. The van der Waals surface area contributed by atoms with E-state index in [-0.39, 0.29) is 4.90 Å². The highest BCUT2D eigenvalue weighted by molar-refractivity contribution is 7.85. The molecular formula is C21H36O3S. The largest absolute Gasteiger partial charge is 0.294 e. The molecule has 0 radical (unpaired) electrons. The summed E-state index contributed by atoms with van der Waals surface area (Å²) in [4.78, 5) is 0.0638. The first-order valence-corrected chi connectivity index (χ1v) is 11.5. The Morgan fingerprint density at radius 3 is 1.64 bits per heavy atom. The molecule has 0 amide bonds. The van der Waals surface area contributed by atoms with Gasteiger partial charge in [-0.1, -0.05) is 102 Å². The number of hydrogen-bond acceptors (Lipinski definition) is 2. The molecule has 0 aromatic heterocycles. The van der Waals surface area contributed by atoms with Crippen molar-refractivity contribution < 1.29 is 13.0 Å². The number of hydrogen-bond donors (Lipinski definition) is 1. The molecule has 4 heteroatoms. The molecule has 1 rings (SSSR count). The van der Waals surface area contributed by atoms with Gasteiger partial charge in [0.15, 0.2) is 0 Å². The lowest BCUT2D eigenvalue weighted by Crippen LogP contribution is -2.03. The molecule has 0 atom stereocenters. The van der Waals surface area contributed by atoms with E-state index in [1.807, 2.05) is 6.07 Å². The summed E-state index contributed by atoms with van der Waals surface area (Å²) in [5, 5.41) is 0. The summed E-state index contributed by atoms with van der Waals surface area (Å²) in [7, 11) is -4.10. The van der Waals surface area contributed by atoms with Crippen LogP contribution in [0.15, 0.2) is 29.2 Å². The van der Waals surface area contributed by atoms with E-state index >= 15 is 0 Å². The van der Waals surface area contributed by atoms with Crippen LogP contribution < -0.4 is 0 Å². The normalized spacial score (nSPS) is 11.8. The fraction of sp³-hybridized carbons (Fsp3) is 0.714. The van der Waals surface area contributed by atoms with Crippen LogP contribution in [0.5, 0.6) is 0 Å². The Morgan fingerprint density at radius 2 is 1.16 bits per heavy atom. The van der Waals surface area contributed by atoms with Crippen LogP contribution >= 0.6 is 0 Å². The zero-order valence-corrected chi connectivity index (χ0v) is 16.7. The number of unbranched alkanes of at least 4 members (excludes halogenated alkanes) is 12. The minimum atomic E-state index is -4.10. The van der Waals surface area contributed by atoms with Gasteiger partial charge in [0, 0.05) is 0 Å². The van der Waals surface area contributed by atoms with Gasteiger partial charge < -0.3 is 0 Å². The summed E-state index contributed by atoms with van der Waals surface area (Å²) in [6, 6.07) is 6.75. The highest BCUT2D eigenvalue weighted by atomic mass is 32.2. The monoisotopic (exact) mass is 368 g/mol. The first-order valence-electron chi connectivity index (χ1n) is 10.1. The summed E-state index contributed by atoms with van der Waals surface area (Å²) >= 11 is 0. The maximum atomic E-state index is 11.3. The second-order valence-electron chi connectivity index (χ2n) is 7.08. The van der Waals surface area contributed by atoms with Crippen LogP contribution in [0.2, 0.25) is 0 Å². The standard InChI is InChI=1S/C21H36O3S/c1-2-3-4-5-6-7-8-9-10-11-12-13-14-17-20-18-15-16-19-21(20)25(22,23)24/h15-16,18-19H,2-14,17H2,1H3,(H,22,23,24). The lowest BCUT2D eigenvalue weighted by molar-refractivity contribution is 0.481. The summed E-state index contributed by atoms with van der Waals surface area (Å²) in [5.41, 5.74) is 0.730. The molecule has 1 aromatic rings. The van der Waals surface area contributed by atoms with Crippen LogP contribution in [-0.2, 0) is 16.5 Å². The molecular weight excluding hydrogens is 332 g/mol. The second kappa shape index (κ2) is 13.3. The first kappa shape index (κ1) is 22.2. The summed E-state index contributed by atoms with van der Waals surface area (Å²) in [6.45, 7) is 2.26. The number of benzene rings is 1. The van der Waals surface area contributed by atoms with E-state index in [0.717, 1.165) is 18.4 Å². The molecule has 0 aliphatic rings. The predicted octanol–water partition coefficient (Wildman–Crippen LogP) is 6.57. The molecule has 0 saturated heterocycles. The van der Waals surface area contributed by atoms with Gasteiger partial charge in [-0.15, -0.1) is 0 Å². The van der Waals surface area contributed by atoms with E-state index in [4.69, 9.17) is 0 Å². The number of aryl methyl sites for hydroxylation is 1. The average Bonchev–Trinajstić information content (AvgIpc) is 2.58. The van der Waals surface area contributed by atoms with Crippen molar-refractivity contribution in [2.24, 2.45) is 0 Å². The Bertz CT molecular complexity index is 552. The van der Waals surface area contributed by atoms with Crippen molar-refractivity contribution in [3.05, 3.63) is 29.8 Å². The smallest absolute Gasteiger partial charge is 0.282 e. The third-order valence-electron chi connectivity index (χ3n) is 4.80. The van der Waals surface area contributed by atoms with Crippen LogP contribution in [0.1, 0.15) is 96.0 Å². The van der Waals surface area contributed by atoms with Crippen molar-refractivity contribution in [2.75, 3.05) is 0 Å². The van der Waals surface area contributed by atoms with Crippen molar-refractivity contribution in [1.29, 1.82) is 0 Å². The van der Waals surface area contributed by atoms with E-state index in [1.165, 1.54) is 76.7 Å². The van der Waals surface area contributed by atoms with Crippen LogP contribution in [0.25, 0.3) is 0 Å². The Morgan fingerprint density at radius 1 is 0.720 bits per heavy atom. The van der Waals surface area contributed by atoms with Crippen molar-refractivity contribution in [3.8, 4) is 0 Å². The quantitative estimate of drug-likeness (QED) is 0.281. The zero-order chi connectivity index (χ0) is 18.4. The summed E-state index contributed by atoms with van der Waals surface area (Å²) < 4.78 is 31.9. The molecule has 0 heterocycles. The molecule has 1 aromatic carbocycles. The molecule has 0 bridgehead atoms. The topological polar surface area (TPSA) is 54.4 Å². The van der Waals surface area contributed by atoms with Crippen molar-refractivity contribution in [1.82, 2.24) is 0 Å². The highest BCUT2D eigenvalue weighted by Crippen LogP contribution is 2.18. The maximum absolute atomic E-state index is 11.3. The van der Waals surface area contributed by atoms with E-state index in [1.54, 1.807) is 12.1 Å². The van der Waals surface area contributed by atoms with Gasteiger partial charge in [-0.25, -0.2) is 0 Å². The van der Waals surface area contributed by atoms with Crippen LogP contribution in [0.4, 0.5) is 0 Å². The predicted molar refractivity (Wildman–Crippen MR) is 106 cm³/mol. The van der Waals surface area contributed by atoms with Gasteiger partial charge in [0.1, 0.15) is 0 Å². The molecule has 0 aliphatic carbocycles. The third kappa shape index (κ3) is 10.7. The molecule has 1 N–H and O–H groups in total. The maximum Gasteiger partial charge on any atom is 0.294 e. The zero-order valence-electron chi connectivity index (χ0n) is 15.9. The van der Waals surface area contributed by atoms with Gasteiger partial charge in [-0.3, -0.25) is 4.55 Å². The Kier molecular flexibility index (Phi) is 11.8. The minimum Gasteiger partial charge on any atom is -0.282 e. The lowest BCUT2D eigenvalue weighted by atomic mass is 10.0. The summed E-state index contributed by atoms with van der Waals surface area (Å²) in [6.07, 6.45) is 17.6. The molecule has 0 saturated carbocycles. The van der Waals surface area contributed by atoms with Gasteiger partial charge in [-0.2, -0.15) is 8.42 Å². The van der Waals surface area contributed by atoms with Crippen molar-refractivity contribution in [3.63, 3.8) is 0 Å². The van der Waals surface area contributed by atoms with E-state index in [0.29, 0.717) is 6.42 Å². The van der Waals surface area contributed by atoms with Gasteiger partial charge in [0.2, 0.25) is 0 Å².